The number of nitrogens with zero attached hydrogens (tertiary/aromatic N) is 1. The molecule has 1 saturated heterocycles. The van der Waals surface area contributed by atoms with E-state index in [1.807, 2.05) is 0 Å². The Hall–Kier alpha value is -0.970. The number of hydrogen-bond acceptors (Lipinski definition) is 1. The molecule has 1 rings (SSSR count). The standard InChI is InChI=1S/C8H11NO/c1-3-4-9-6-7(2)5-8(9)10/h1,7H,4-6H2,2H3/t7-/m0/s1. The monoisotopic (exact) mass is 137 g/mol. The molecule has 2 nitrogen and oxygen atoms in total. The summed E-state index contributed by atoms with van der Waals surface area (Å²) in [6.45, 7) is 3.38. The molecule has 1 aliphatic heterocycles. The summed E-state index contributed by atoms with van der Waals surface area (Å²) in [7, 11) is 0. The lowest BCUT2D eigenvalue weighted by Crippen LogP contribution is -2.25. The van der Waals surface area contributed by atoms with Crippen LogP contribution in [0.3, 0.4) is 0 Å². The third-order valence-corrected chi connectivity index (χ3v) is 1.69. The van der Waals surface area contributed by atoms with Crippen LogP contribution in [-0.2, 0) is 4.79 Å². The van der Waals surface area contributed by atoms with Gasteiger partial charge in [-0.05, 0) is 5.92 Å². The van der Waals surface area contributed by atoms with E-state index in [1.165, 1.54) is 0 Å². The number of terminal acetylenes is 1. The summed E-state index contributed by atoms with van der Waals surface area (Å²) in [5.74, 6) is 3.15. The average molecular weight is 137 g/mol. The normalized spacial score (nSPS) is 25.0. The number of hydrogen-bond donors (Lipinski definition) is 0. The summed E-state index contributed by atoms with van der Waals surface area (Å²) in [6, 6.07) is 0. The number of rotatable bonds is 1. The molecule has 1 aliphatic rings. The number of carbonyl (C=O) groups excluding carboxylic acids is 1. The second kappa shape index (κ2) is 2.74. The highest BCUT2D eigenvalue weighted by Crippen LogP contribution is 2.15. The van der Waals surface area contributed by atoms with Gasteiger partial charge in [0.15, 0.2) is 0 Å². The lowest BCUT2D eigenvalue weighted by molar-refractivity contribution is -0.127. The first-order valence-electron chi connectivity index (χ1n) is 3.45. The molecule has 0 saturated carbocycles. The van der Waals surface area contributed by atoms with Gasteiger partial charge in [-0.1, -0.05) is 12.8 Å². The van der Waals surface area contributed by atoms with Crippen LogP contribution in [0, 0.1) is 18.3 Å². The molecule has 1 fully saturated rings. The van der Waals surface area contributed by atoms with Crippen LogP contribution < -0.4 is 0 Å². The summed E-state index contributed by atoms with van der Waals surface area (Å²) in [5, 5.41) is 0. The van der Waals surface area contributed by atoms with E-state index in [0.29, 0.717) is 18.9 Å². The first-order valence-corrected chi connectivity index (χ1v) is 3.45. The minimum atomic E-state index is 0.199. The molecule has 0 radical (unpaired) electrons. The van der Waals surface area contributed by atoms with Gasteiger partial charge in [0.05, 0.1) is 6.54 Å². The van der Waals surface area contributed by atoms with Crippen molar-refractivity contribution in [3.8, 4) is 12.3 Å². The Morgan fingerprint density at radius 2 is 2.60 bits per heavy atom. The Morgan fingerprint density at radius 1 is 1.90 bits per heavy atom. The van der Waals surface area contributed by atoms with E-state index in [0.717, 1.165) is 6.54 Å². The third-order valence-electron chi connectivity index (χ3n) is 1.69. The van der Waals surface area contributed by atoms with Gasteiger partial charge >= 0.3 is 0 Å². The molecule has 0 N–H and O–H groups in total. The van der Waals surface area contributed by atoms with Crippen molar-refractivity contribution in [2.24, 2.45) is 5.92 Å². The molecule has 54 valence electrons. The molecule has 10 heavy (non-hydrogen) atoms. The predicted octanol–water partition coefficient (Wildman–Crippen LogP) is 0.488. The van der Waals surface area contributed by atoms with Crippen LogP contribution in [0.5, 0.6) is 0 Å². The van der Waals surface area contributed by atoms with Crippen LogP contribution in [0.1, 0.15) is 13.3 Å². The van der Waals surface area contributed by atoms with E-state index in [-0.39, 0.29) is 5.91 Å². The van der Waals surface area contributed by atoms with Gasteiger partial charge in [-0.25, -0.2) is 0 Å². The Bertz CT molecular complexity index is 180. The Kier molecular flexibility index (Phi) is 1.96. The smallest absolute Gasteiger partial charge is 0.223 e. The van der Waals surface area contributed by atoms with Gasteiger partial charge in [-0.15, -0.1) is 6.42 Å². The number of likely N-dealkylation sites (tertiary alicyclic amines) is 1. The van der Waals surface area contributed by atoms with Gasteiger partial charge in [0, 0.05) is 13.0 Å². The molecular weight excluding hydrogens is 126 g/mol. The van der Waals surface area contributed by atoms with E-state index in [4.69, 9.17) is 6.42 Å². The van der Waals surface area contributed by atoms with E-state index in [1.54, 1.807) is 4.90 Å². The van der Waals surface area contributed by atoms with Crippen LogP contribution in [-0.4, -0.2) is 23.9 Å². The highest BCUT2D eigenvalue weighted by molar-refractivity contribution is 5.78. The van der Waals surface area contributed by atoms with Crippen molar-refractivity contribution in [2.75, 3.05) is 13.1 Å². The summed E-state index contributed by atoms with van der Waals surface area (Å²) >= 11 is 0. The molecule has 0 aromatic heterocycles. The first kappa shape index (κ1) is 7.14. The van der Waals surface area contributed by atoms with Gasteiger partial charge in [0.25, 0.3) is 0 Å². The molecular formula is C8H11NO. The molecule has 0 unspecified atom stereocenters. The molecule has 0 aromatic rings. The summed E-state index contributed by atoms with van der Waals surface area (Å²) in [4.78, 5) is 12.7. The fraction of sp³-hybridized carbons (Fsp3) is 0.625. The van der Waals surface area contributed by atoms with Crippen LogP contribution in [0.15, 0.2) is 0 Å². The number of amides is 1. The third kappa shape index (κ3) is 1.30. The van der Waals surface area contributed by atoms with Crippen LogP contribution >= 0.6 is 0 Å². The fourth-order valence-electron chi connectivity index (χ4n) is 1.23. The average Bonchev–Trinajstić information content (AvgIpc) is 2.13. The fourth-order valence-corrected chi connectivity index (χ4v) is 1.23. The highest BCUT2D eigenvalue weighted by atomic mass is 16.2. The van der Waals surface area contributed by atoms with Crippen molar-refractivity contribution in [3.63, 3.8) is 0 Å². The zero-order valence-electron chi connectivity index (χ0n) is 6.13. The van der Waals surface area contributed by atoms with Crippen LogP contribution in [0.25, 0.3) is 0 Å². The van der Waals surface area contributed by atoms with Gasteiger partial charge in [0.2, 0.25) is 5.91 Å². The predicted molar refractivity (Wildman–Crippen MR) is 39.2 cm³/mol. The van der Waals surface area contributed by atoms with Crippen LogP contribution in [0.4, 0.5) is 0 Å². The molecule has 0 aromatic carbocycles. The quantitative estimate of drug-likeness (QED) is 0.481. The maximum Gasteiger partial charge on any atom is 0.223 e. The van der Waals surface area contributed by atoms with Gasteiger partial charge in [-0.3, -0.25) is 4.79 Å². The van der Waals surface area contributed by atoms with E-state index in [2.05, 4.69) is 12.8 Å². The van der Waals surface area contributed by atoms with Gasteiger partial charge < -0.3 is 4.90 Å². The van der Waals surface area contributed by atoms with E-state index < -0.39 is 0 Å². The van der Waals surface area contributed by atoms with Crippen molar-refractivity contribution in [3.05, 3.63) is 0 Å². The molecule has 0 bridgehead atoms. The van der Waals surface area contributed by atoms with Crippen molar-refractivity contribution >= 4 is 5.91 Å². The molecule has 2 heteroatoms. The second-order valence-electron chi connectivity index (χ2n) is 2.79. The Labute approximate surface area is 61.2 Å². The van der Waals surface area contributed by atoms with Gasteiger partial charge in [0.1, 0.15) is 0 Å². The minimum absolute atomic E-state index is 0.199. The van der Waals surface area contributed by atoms with E-state index in [9.17, 15) is 4.79 Å². The lowest BCUT2D eigenvalue weighted by Gasteiger charge is -2.10. The van der Waals surface area contributed by atoms with Gasteiger partial charge in [-0.2, -0.15) is 0 Å². The topological polar surface area (TPSA) is 20.3 Å². The van der Waals surface area contributed by atoms with Crippen molar-refractivity contribution in [1.29, 1.82) is 0 Å². The van der Waals surface area contributed by atoms with Crippen molar-refractivity contribution < 1.29 is 4.79 Å². The maximum absolute atomic E-state index is 11.0. The zero-order chi connectivity index (χ0) is 7.56. The molecule has 1 heterocycles. The summed E-state index contributed by atoms with van der Waals surface area (Å²) in [6.07, 6.45) is 5.74. The maximum atomic E-state index is 11.0. The summed E-state index contributed by atoms with van der Waals surface area (Å²) < 4.78 is 0. The Balaban J connectivity index is 2.48. The van der Waals surface area contributed by atoms with Crippen molar-refractivity contribution in [2.45, 2.75) is 13.3 Å². The largest absolute Gasteiger partial charge is 0.331 e. The molecule has 1 amide bonds. The summed E-state index contributed by atoms with van der Waals surface area (Å²) in [5.41, 5.74) is 0. The Morgan fingerprint density at radius 3 is 3.00 bits per heavy atom. The molecule has 0 aliphatic carbocycles. The van der Waals surface area contributed by atoms with Crippen LogP contribution in [0.2, 0.25) is 0 Å². The zero-order valence-corrected chi connectivity index (χ0v) is 6.13. The molecule has 1 atom stereocenters. The lowest BCUT2D eigenvalue weighted by atomic mass is 10.2. The van der Waals surface area contributed by atoms with Crippen molar-refractivity contribution in [1.82, 2.24) is 4.90 Å². The SMILES string of the molecule is C#CCN1C[C@@H](C)CC1=O. The highest BCUT2D eigenvalue weighted by Gasteiger charge is 2.24. The molecule has 0 spiro atoms. The van der Waals surface area contributed by atoms with E-state index >= 15 is 0 Å². The number of carbonyl (C=O) groups is 1. The first-order chi connectivity index (χ1) is 4.74. The minimum Gasteiger partial charge on any atom is -0.331 e. The second-order valence-corrected chi connectivity index (χ2v) is 2.79.